The summed E-state index contributed by atoms with van der Waals surface area (Å²) in [5, 5.41) is 12.8. The van der Waals surface area contributed by atoms with Crippen LogP contribution in [0.5, 0.6) is 0 Å². The highest BCUT2D eigenvalue weighted by molar-refractivity contribution is 5.68. The van der Waals surface area contributed by atoms with Gasteiger partial charge in [0.05, 0.1) is 11.4 Å². The van der Waals surface area contributed by atoms with Crippen molar-refractivity contribution in [3.05, 3.63) is 69.2 Å². The van der Waals surface area contributed by atoms with Crippen molar-refractivity contribution in [2.24, 2.45) is 0 Å². The normalized spacial score (nSPS) is 10.4. The van der Waals surface area contributed by atoms with Crippen molar-refractivity contribution in [1.29, 1.82) is 0 Å². The van der Waals surface area contributed by atoms with Gasteiger partial charge in [0.15, 0.2) is 0 Å². The third-order valence-electron chi connectivity index (χ3n) is 2.81. The maximum absolute atomic E-state index is 11.0. The molecule has 1 aromatic carbocycles. The van der Waals surface area contributed by atoms with Crippen molar-refractivity contribution in [2.75, 3.05) is 0 Å². The van der Waals surface area contributed by atoms with Gasteiger partial charge in [-0.2, -0.15) is 10.2 Å². The molecule has 0 aliphatic carbocycles. The quantitative estimate of drug-likeness (QED) is 0.728. The Balaban J connectivity index is 2.05. The minimum absolute atomic E-state index is 0.243. The van der Waals surface area contributed by atoms with E-state index in [2.05, 4.69) is 20.4 Å². The molecule has 0 atom stereocenters. The summed E-state index contributed by atoms with van der Waals surface area (Å²) in [4.78, 5) is 22.0. The van der Waals surface area contributed by atoms with Gasteiger partial charge in [-0.3, -0.25) is 9.59 Å². The lowest BCUT2D eigenvalue weighted by molar-refractivity contribution is 0.992. The van der Waals surface area contributed by atoms with Gasteiger partial charge in [0.25, 0.3) is 11.1 Å². The second-order valence-electron chi connectivity index (χ2n) is 4.19. The molecule has 3 aromatic rings. The van der Waals surface area contributed by atoms with Gasteiger partial charge >= 0.3 is 0 Å². The van der Waals surface area contributed by atoms with E-state index in [1.807, 2.05) is 24.3 Å². The molecule has 0 saturated heterocycles. The van der Waals surface area contributed by atoms with E-state index in [0.717, 1.165) is 11.1 Å². The lowest BCUT2D eigenvalue weighted by atomic mass is 10.1. The highest BCUT2D eigenvalue weighted by atomic mass is 16.1. The Morgan fingerprint density at radius 1 is 0.700 bits per heavy atom. The molecule has 6 nitrogen and oxygen atoms in total. The molecule has 0 aliphatic heterocycles. The number of aromatic amines is 2. The van der Waals surface area contributed by atoms with Gasteiger partial charge in [0.2, 0.25) is 0 Å². The van der Waals surface area contributed by atoms with Gasteiger partial charge < -0.3 is 0 Å². The summed E-state index contributed by atoms with van der Waals surface area (Å²) in [6.45, 7) is 0. The molecule has 0 aliphatic rings. The maximum atomic E-state index is 11.0. The molecule has 0 fully saturated rings. The fourth-order valence-electron chi connectivity index (χ4n) is 1.85. The first-order valence-corrected chi connectivity index (χ1v) is 5.95. The first-order valence-electron chi connectivity index (χ1n) is 5.95. The molecule has 0 spiro atoms. The summed E-state index contributed by atoms with van der Waals surface area (Å²) >= 11 is 0. The topological polar surface area (TPSA) is 91.5 Å². The minimum Gasteiger partial charge on any atom is -0.268 e. The van der Waals surface area contributed by atoms with Crippen LogP contribution in [0.4, 0.5) is 0 Å². The zero-order valence-electron chi connectivity index (χ0n) is 10.3. The van der Waals surface area contributed by atoms with Gasteiger partial charge in [0, 0.05) is 23.3 Å². The number of hydrogen-bond donors (Lipinski definition) is 2. The van der Waals surface area contributed by atoms with Gasteiger partial charge in [-0.15, -0.1) is 0 Å². The predicted molar refractivity (Wildman–Crippen MR) is 74.1 cm³/mol. The summed E-state index contributed by atoms with van der Waals surface area (Å²) < 4.78 is 0. The van der Waals surface area contributed by atoms with Crippen molar-refractivity contribution in [3.63, 3.8) is 0 Å². The molecule has 0 radical (unpaired) electrons. The molecule has 2 heterocycles. The van der Waals surface area contributed by atoms with Crippen LogP contribution in [-0.4, -0.2) is 20.4 Å². The summed E-state index contributed by atoms with van der Waals surface area (Å²) in [6, 6.07) is 13.7. The molecule has 3 rings (SSSR count). The van der Waals surface area contributed by atoms with E-state index in [1.165, 1.54) is 12.1 Å². The number of nitrogens with zero attached hydrogens (tertiary/aromatic N) is 2. The van der Waals surface area contributed by atoms with Gasteiger partial charge in [-0.25, -0.2) is 10.2 Å². The Bertz CT molecular complexity index is 758. The number of rotatable bonds is 2. The van der Waals surface area contributed by atoms with E-state index < -0.39 is 0 Å². The van der Waals surface area contributed by atoms with Crippen LogP contribution in [0.3, 0.4) is 0 Å². The standard InChI is InChI=1S/C14H10N4O2/c19-13-6-4-11(15-17-13)9-2-1-3-10(8-9)12-5-7-14(20)18-16-12/h1-8H,(H,17,19)(H,18,20). The largest absolute Gasteiger partial charge is 0.268 e. The molecule has 98 valence electrons. The van der Waals surface area contributed by atoms with E-state index in [9.17, 15) is 9.59 Å². The van der Waals surface area contributed by atoms with Gasteiger partial charge in [-0.05, 0) is 18.2 Å². The summed E-state index contributed by atoms with van der Waals surface area (Å²) in [7, 11) is 0. The zero-order chi connectivity index (χ0) is 13.9. The molecule has 2 aromatic heterocycles. The van der Waals surface area contributed by atoms with E-state index in [0.29, 0.717) is 11.4 Å². The number of H-pyrrole nitrogens is 2. The first-order chi connectivity index (χ1) is 9.72. The molecule has 6 heteroatoms. The van der Waals surface area contributed by atoms with Crippen molar-refractivity contribution in [3.8, 4) is 22.5 Å². The number of aromatic nitrogens is 4. The molecule has 2 N–H and O–H groups in total. The molecule has 0 amide bonds. The highest BCUT2D eigenvalue weighted by Gasteiger charge is 2.04. The predicted octanol–water partition coefficient (Wildman–Crippen LogP) is 1.19. The highest BCUT2D eigenvalue weighted by Crippen LogP contribution is 2.22. The Morgan fingerprint density at radius 2 is 1.20 bits per heavy atom. The van der Waals surface area contributed by atoms with Crippen LogP contribution in [-0.2, 0) is 0 Å². The lowest BCUT2D eigenvalue weighted by Crippen LogP contribution is -2.06. The van der Waals surface area contributed by atoms with Gasteiger partial charge in [-0.1, -0.05) is 18.2 Å². The van der Waals surface area contributed by atoms with Crippen molar-refractivity contribution < 1.29 is 0 Å². The van der Waals surface area contributed by atoms with Crippen LogP contribution in [0, 0.1) is 0 Å². The number of nitrogens with one attached hydrogen (secondary N) is 2. The first kappa shape index (κ1) is 12.0. The maximum Gasteiger partial charge on any atom is 0.264 e. The van der Waals surface area contributed by atoms with Crippen molar-refractivity contribution in [1.82, 2.24) is 20.4 Å². The zero-order valence-corrected chi connectivity index (χ0v) is 10.3. The fraction of sp³-hybridized carbons (Fsp3) is 0. The van der Waals surface area contributed by atoms with E-state index in [1.54, 1.807) is 12.1 Å². The summed E-state index contributed by atoms with van der Waals surface area (Å²) in [6.07, 6.45) is 0. The number of benzene rings is 1. The Labute approximate surface area is 113 Å². The average Bonchev–Trinajstić information content (AvgIpc) is 2.49. The number of hydrogen-bond acceptors (Lipinski definition) is 4. The van der Waals surface area contributed by atoms with Gasteiger partial charge in [0.1, 0.15) is 0 Å². The third-order valence-corrected chi connectivity index (χ3v) is 2.81. The van der Waals surface area contributed by atoms with Crippen LogP contribution in [0.1, 0.15) is 0 Å². The fourth-order valence-corrected chi connectivity index (χ4v) is 1.85. The lowest BCUT2D eigenvalue weighted by Gasteiger charge is -2.03. The Kier molecular flexibility index (Phi) is 2.96. The van der Waals surface area contributed by atoms with Crippen molar-refractivity contribution >= 4 is 0 Å². The summed E-state index contributed by atoms with van der Waals surface area (Å²) in [5.41, 5.74) is 2.55. The molecule has 0 unspecified atom stereocenters. The van der Waals surface area contributed by atoms with Crippen molar-refractivity contribution in [2.45, 2.75) is 0 Å². The molecular formula is C14H10N4O2. The second-order valence-corrected chi connectivity index (χ2v) is 4.19. The van der Waals surface area contributed by atoms with Crippen LogP contribution in [0.15, 0.2) is 58.1 Å². The SMILES string of the molecule is O=c1ccc(-c2cccc(-c3ccc(=O)[nH]n3)c2)n[nH]1. The third kappa shape index (κ3) is 2.39. The van der Waals surface area contributed by atoms with Crippen LogP contribution >= 0.6 is 0 Å². The molecule has 0 saturated carbocycles. The minimum atomic E-state index is -0.243. The molecule has 0 bridgehead atoms. The van der Waals surface area contributed by atoms with Crippen LogP contribution < -0.4 is 11.1 Å². The van der Waals surface area contributed by atoms with Crippen LogP contribution in [0.2, 0.25) is 0 Å². The van der Waals surface area contributed by atoms with E-state index >= 15 is 0 Å². The molecule has 20 heavy (non-hydrogen) atoms. The smallest absolute Gasteiger partial charge is 0.264 e. The van der Waals surface area contributed by atoms with E-state index in [-0.39, 0.29) is 11.1 Å². The Hall–Kier alpha value is -3.02. The molecular weight excluding hydrogens is 256 g/mol. The second kappa shape index (κ2) is 4.93. The monoisotopic (exact) mass is 266 g/mol. The average molecular weight is 266 g/mol. The van der Waals surface area contributed by atoms with E-state index in [4.69, 9.17) is 0 Å². The summed E-state index contributed by atoms with van der Waals surface area (Å²) in [5.74, 6) is 0. The Morgan fingerprint density at radius 3 is 1.60 bits per heavy atom. The van der Waals surface area contributed by atoms with Crippen LogP contribution in [0.25, 0.3) is 22.5 Å².